The highest BCUT2D eigenvalue weighted by Gasteiger charge is 2.15. The smallest absolute Gasteiger partial charge is 0.126 e. The highest BCUT2D eigenvalue weighted by molar-refractivity contribution is 5.41. The van der Waals surface area contributed by atoms with Crippen LogP contribution in [0.3, 0.4) is 0 Å². The molecule has 72 valence electrons. The molecule has 0 spiro atoms. The van der Waals surface area contributed by atoms with E-state index in [9.17, 15) is 0 Å². The van der Waals surface area contributed by atoms with E-state index < -0.39 is 0 Å². The second kappa shape index (κ2) is 4.26. The Bertz CT molecular complexity index is 269. The number of anilines is 1. The van der Waals surface area contributed by atoms with Crippen molar-refractivity contribution in [2.75, 3.05) is 5.73 Å². The Morgan fingerprint density at radius 1 is 1.46 bits per heavy atom. The molecule has 2 N–H and O–H groups in total. The lowest BCUT2D eigenvalue weighted by atomic mass is 9.87. The Hall–Kier alpha value is -1.05. The van der Waals surface area contributed by atoms with Crippen molar-refractivity contribution in [2.45, 2.75) is 33.1 Å². The van der Waals surface area contributed by atoms with E-state index in [4.69, 9.17) is 5.73 Å². The van der Waals surface area contributed by atoms with Crippen LogP contribution in [0, 0.1) is 5.92 Å². The van der Waals surface area contributed by atoms with Crippen LogP contribution >= 0.6 is 0 Å². The molecule has 1 aromatic heterocycles. The number of pyridine rings is 1. The van der Waals surface area contributed by atoms with Crippen LogP contribution in [-0.4, -0.2) is 4.98 Å². The second-order valence-electron chi connectivity index (χ2n) is 3.74. The minimum Gasteiger partial charge on any atom is -0.383 e. The summed E-state index contributed by atoms with van der Waals surface area (Å²) in [6.07, 6.45) is 2.86. The standard InChI is InChI=1S/C11H18N2/c1-4-9(8(2)3)10-6-5-7-13-11(10)12/h5-9H,4H2,1-3H3,(H2,12,13)/t9-/m0/s1. The zero-order valence-corrected chi connectivity index (χ0v) is 8.62. The van der Waals surface area contributed by atoms with Crippen LogP contribution < -0.4 is 5.73 Å². The summed E-state index contributed by atoms with van der Waals surface area (Å²) < 4.78 is 0. The van der Waals surface area contributed by atoms with Gasteiger partial charge in [0.2, 0.25) is 0 Å². The summed E-state index contributed by atoms with van der Waals surface area (Å²) in [5, 5.41) is 0. The van der Waals surface area contributed by atoms with Crippen LogP contribution in [0.2, 0.25) is 0 Å². The van der Waals surface area contributed by atoms with Crippen molar-refractivity contribution in [3.63, 3.8) is 0 Å². The molecule has 13 heavy (non-hydrogen) atoms. The fourth-order valence-electron chi connectivity index (χ4n) is 1.79. The van der Waals surface area contributed by atoms with Gasteiger partial charge in [0.15, 0.2) is 0 Å². The molecule has 0 amide bonds. The number of hydrogen-bond acceptors (Lipinski definition) is 2. The van der Waals surface area contributed by atoms with Crippen molar-refractivity contribution >= 4 is 5.82 Å². The van der Waals surface area contributed by atoms with Crippen LogP contribution in [0.5, 0.6) is 0 Å². The van der Waals surface area contributed by atoms with Crippen LogP contribution in [0.1, 0.15) is 38.7 Å². The predicted octanol–water partition coefficient (Wildman–Crippen LogP) is 2.81. The van der Waals surface area contributed by atoms with E-state index in [0.29, 0.717) is 17.7 Å². The third-order valence-electron chi connectivity index (χ3n) is 2.52. The molecule has 0 aliphatic heterocycles. The summed E-state index contributed by atoms with van der Waals surface area (Å²) in [4.78, 5) is 4.11. The maximum atomic E-state index is 5.82. The third kappa shape index (κ3) is 2.20. The molecule has 2 heteroatoms. The van der Waals surface area contributed by atoms with Crippen molar-refractivity contribution in [1.29, 1.82) is 0 Å². The van der Waals surface area contributed by atoms with Gasteiger partial charge in [0.25, 0.3) is 0 Å². The number of nitrogen functional groups attached to an aromatic ring is 1. The zero-order chi connectivity index (χ0) is 9.84. The maximum Gasteiger partial charge on any atom is 0.126 e. The predicted molar refractivity (Wildman–Crippen MR) is 56.5 cm³/mol. The van der Waals surface area contributed by atoms with Crippen LogP contribution in [0.15, 0.2) is 18.3 Å². The van der Waals surface area contributed by atoms with Gasteiger partial charge in [-0.25, -0.2) is 4.98 Å². The molecule has 1 rings (SSSR count). The number of nitrogens with two attached hydrogens (primary N) is 1. The van der Waals surface area contributed by atoms with Gasteiger partial charge in [0.1, 0.15) is 5.82 Å². The van der Waals surface area contributed by atoms with Crippen molar-refractivity contribution in [1.82, 2.24) is 4.98 Å². The molecule has 1 heterocycles. The highest BCUT2D eigenvalue weighted by Crippen LogP contribution is 2.29. The molecule has 2 nitrogen and oxygen atoms in total. The van der Waals surface area contributed by atoms with Gasteiger partial charge in [0.05, 0.1) is 0 Å². The van der Waals surface area contributed by atoms with Gasteiger partial charge < -0.3 is 5.73 Å². The zero-order valence-electron chi connectivity index (χ0n) is 8.62. The van der Waals surface area contributed by atoms with Crippen LogP contribution in [-0.2, 0) is 0 Å². The first-order chi connectivity index (χ1) is 6.16. The first-order valence-electron chi connectivity index (χ1n) is 4.87. The number of aromatic nitrogens is 1. The molecule has 0 unspecified atom stereocenters. The molecule has 1 atom stereocenters. The number of hydrogen-bond donors (Lipinski definition) is 1. The topological polar surface area (TPSA) is 38.9 Å². The van der Waals surface area contributed by atoms with Gasteiger partial charge in [-0.1, -0.05) is 26.8 Å². The molecule has 0 radical (unpaired) electrons. The summed E-state index contributed by atoms with van der Waals surface area (Å²) in [5.41, 5.74) is 7.02. The summed E-state index contributed by atoms with van der Waals surface area (Å²) >= 11 is 0. The van der Waals surface area contributed by atoms with E-state index in [0.717, 1.165) is 6.42 Å². The lowest BCUT2D eigenvalue weighted by Gasteiger charge is -2.20. The largest absolute Gasteiger partial charge is 0.383 e. The molecular formula is C11H18N2. The molecule has 0 aliphatic rings. The lowest BCUT2D eigenvalue weighted by Crippen LogP contribution is -2.09. The second-order valence-corrected chi connectivity index (χ2v) is 3.74. The summed E-state index contributed by atoms with van der Waals surface area (Å²) in [6, 6.07) is 4.03. The lowest BCUT2D eigenvalue weighted by molar-refractivity contribution is 0.485. The van der Waals surface area contributed by atoms with Gasteiger partial charge in [-0.15, -0.1) is 0 Å². The fourth-order valence-corrected chi connectivity index (χ4v) is 1.79. The Morgan fingerprint density at radius 2 is 2.15 bits per heavy atom. The normalized spacial score (nSPS) is 13.2. The number of nitrogens with zero attached hydrogens (tertiary/aromatic N) is 1. The van der Waals surface area contributed by atoms with E-state index in [1.54, 1.807) is 6.20 Å². The summed E-state index contributed by atoms with van der Waals surface area (Å²) in [6.45, 7) is 6.64. The Kier molecular flexibility index (Phi) is 3.29. The first kappa shape index (κ1) is 10.0. The number of rotatable bonds is 3. The molecule has 0 saturated heterocycles. The third-order valence-corrected chi connectivity index (χ3v) is 2.52. The SMILES string of the molecule is CC[C@H](c1cccnc1N)C(C)C. The molecule has 0 aliphatic carbocycles. The maximum absolute atomic E-state index is 5.82. The Balaban J connectivity index is 2.97. The minimum absolute atomic E-state index is 0.536. The highest BCUT2D eigenvalue weighted by atomic mass is 14.8. The quantitative estimate of drug-likeness (QED) is 0.773. The molecule has 0 aromatic carbocycles. The average molecular weight is 178 g/mol. The van der Waals surface area contributed by atoms with E-state index in [2.05, 4.69) is 31.8 Å². The Morgan fingerprint density at radius 3 is 2.62 bits per heavy atom. The van der Waals surface area contributed by atoms with Gasteiger partial charge in [-0.3, -0.25) is 0 Å². The molecular weight excluding hydrogens is 160 g/mol. The molecule has 0 fully saturated rings. The van der Waals surface area contributed by atoms with Crippen molar-refractivity contribution in [3.8, 4) is 0 Å². The minimum atomic E-state index is 0.536. The van der Waals surface area contributed by atoms with E-state index >= 15 is 0 Å². The van der Waals surface area contributed by atoms with Gasteiger partial charge in [-0.05, 0) is 29.9 Å². The van der Waals surface area contributed by atoms with Gasteiger partial charge in [-0.2, -0.15) is 0 Å². The van der Waals surface area contributed by atoms with Crippen molar-refractivity contribution in [2.24, 2.45) is 5.92 Å². The summed E-state index contributed by atoms with van der Waals surface area (Å²) in [7, 11) is 0. The van der Waals surface area contributed by atoms with Gasteiger partial charge >= 0.3 is 0 Å². The average Bonchev–Trinajstić information content (AvgIpc) is 2.09. The van der Waals surface area contributed by atoms with E-state index in [1.807, 2.05) is 6.07 Å². The van der Waals surface area contributed by atoms with Crippen LogP contribution in [0.25, 0.3) is 0 Å². The first-order valence-corrected chi connectivity index (χ1v) is 4.87. The fraction of sp³-hybridized carbons (Fsp3) is 0.545. The van der Waals surface area contributed by atoms with E-state index in [-0.39, 0.29) is 0 Å². The van der Waals surface area contributed by atoms with Gasteiger partial charge in [0, 0.05) is 6.20 Å². The van der Waals surface area contributed by atoms with Crippen molar-refractivity contribution in [3.05, 3.63) is 23.9 Å². The summed E-state index contributed by atoms with van der Waals surface area (Å²) in [5.74, 6) is 1.84. The molecule has 1 aromatic rings. The van der Waals surface area contributed by atoms with Crippen molar-refractivity contribution < 1.29 is 0 Å². The monoisotopic (exact) mass is 178 g/mol. The Labute approximate surface area is 80.2 Å². The molecule has 0 bridgehead atoms. The molecule has 0 saturated carbocycles. The van der Waals surface area contributed by atoms with Crippen LogP contribution in [0.4, 0.5) is 5.82 Å². The van der Waals surface area contributed by atoms with E-state index in [1.165, 1.54) is 5.56 Å².